The lowest BCUT2D eigenvalue weighted by Gasteiger charge is -2.44. The standard InChI is InChI=1S/C34H36O6/c35-31-30(25-36-21-26-13-5-1-6-14-26)40-34(39-24-29-19-11-4-12-20-29)33(38-23-28-17-9-3-10-18-28)32(31)37-22-27-15-7-2-8-16-27/h1-20,30-35H,21-25H2/t30-,31-,32+,33-,34+/m1/s1. The van der Waals surface area contributed by atoms with Gasteiger partial charge in [-0.1, -0.05) is 121 Å². The first-order valence-electron chi connectivity index (χ1n) is 13.7. The second-order valence-corrected chi connectivity index (χ2v) is 9.85. The Balaban J connectivity index is 1.34. The Morgan fingerprint density at radius 2 is 0.900 bits per heavy atom. The van der Waals surface area contributed by atoms with E-state index in [-0.39, 0.29) is 6.61 Å². The van der Waals surface area contributed by atoms with E-state index < -0.39 is 30.7 Å². The summed E-state index contributed by atoms with van der Waals surface area (Å²) in [5.74, 6) is 0. The summed E-state index contributed by atoms with van der Waals surface area (Å²) in [5, 5.41) is 11.5. The fourth-order valence-electron chi connectivity index (χ4n) is 4.68. The molecule has 208 valence electrons. The maximum absolute atomic E-state index is 11.5. The summed E-state index contributed by atoms with van der Waals surface area (Å²) in [6.07, 6.45) is -3.81. The third-order valence-corrected chi connectivity index (χ3v) is 6.84. The molecule has 0 spiro atoms. The van der Waals surface area contributed by atoms with Gasteiger partial charge in [0, 0.05) is 0 Å². The fourth-order valence-corrected chi connectivity index (χ4v) is 4.68. The van der Waals surface area contributed by atoms with Crippen molar-refractivity contribution in [1.29, 1.82) is 0 Å². The van der Waals surface area contributed by atoms with E-state index in [1.165, 1.54) is 0 Å². The Bertz CT molecular complexity index is 1240. The van der Waals surface area contributed by atoms with Gasteiger partial charge in [0.2, 0.25) is 0 Å². The normalized spacial score (nSPS) is 22.7. The summed E-state index contributed by atoms with van der Waals surface area (Å²) < 4.78 is 31.4. The van der Waals surface area contributed by atoms with Gasteiger partial charge in [-0.25, -0.2) is 0 Å². The van der Waals surface area contributed by atoms with E-state index in [0.717, 1.165) is 22.3 Å². The van der Waals surface area contributed by atoms with Crippen molar-refractivity contribution in [1.82, 2.24) is 0 Å². The maximum atomic E-state index is 11.5. The molecule has 4 aromatic rings. The van der Waals surface area contributed by atoms with Crippen LogP contribution >= 0.6 is 0 Å². The predicted octanol–water partition coefficient (Wildman–Crippen LogP) is 5.68. The minimum atomic E-state index is -0.989. The fraction of sp³-hybridized carbons (Fsp3) is 0.294. The molecule has 1 heterocycles. The van der Waals surface area contributed by atoms with Crippen LogP contribution in [0.4, 0.5) is 0 Å². The summed E-state index contributed by atoms with van der Waals surface area (Å²) in [5.41, 5.74) is 4.07. The first-order chi connectivity index (χ1) is 19.8. The molecule has 6 nitrogen and oxygen atoms in total. The summed E-state index contributed by atoms with van der Waals surface area (Å²) in [6.45, 7) is 1.56. The molecular weight excluding hydrogens is 504 g/mol. The van der Waals surface area contributed by atoms with Gasteiger partial charge in [-0.2, -0.15) is 0 Å². The Kier molecular flexibility index (Phi) is 10.5. The van der Waals surface area contributed by atoms with Crippen LogP contribution in [-0.2, 0) is 50.1 Å². The summed E-state index contributed by atoms with van der Waals surface area (Å²) in [7, 11) is 0. The smallest absolute Gasteiger partial charge is 0.187 e. The van der Waals surface area contributed by atoms with Crippen molar-refractivity contribution in [2.75, 3.05) is 6.61 Å². The highest BCUT2D eigenvalue weighted by molar-refractivity contribution is 5.16. The van der Waals surface area contributed by atoms with Gasteiger partial charge in [-0.15, -0.1) is 0 Å². The van der Waals surface area contributed by atoms with Crippen LogP contribution in [0.5, 0.6) is 0 Å². The molecule has 0 bridgehead atoms. The van der Waals surface area contributed by atoms with Crippen LogP contribution in [0.15, 0.2) is 121 Å². The monoisotopic (exact) mass is 540 g/mol. The topological polar surface area (TPSA) is 66.4 Å². The van der Waals surface area contributed by atoms with E-state index in [9.17, 15) is 5.11 Å². The number of ether oxygens (including phenoxy) is 5. The maximum Gasteiger partial charge on any atom is 0.187 e. The van der Waals surface area contributed by atoms with Crippen LogP contribution in [-0.4, -0.2) is 42.4 Å². The quantitative estimate of drug-likeness (QED) is 0.236. The zero-order valence-electron chi connectivity index (χ0n) is 22.5. The number of aliphatic hydroxyl groups is 1. The third kappa shape index (κ3) is 8.08. The number of hydrogen-bond donors (Lipinski definition) is 1. The Hall–Kier alpha value is -3.36. The minimum absolute atomic E-state index is 0.178. The molecule has 1 fully saturated rings. The molecule has 0 aliphatic carbocycles. The zero-order valence-corrected chi connectivity index (χ0v) is 22.5. The number of rotatable bonds is 13. The van der Waals surface area contributed by atoms with Crippen molar-refractivity contribution in [3.8, 4) is 0 Å². The lowest BCUT2D eigenvalue weighted by molar-refractivity contribution is -0.324. The van der Waals surface area contributed by atoms with Gasteiger partial charge in [0.25, 0.3) is 0 Å². The molecule has 1 saturated heterocycles. The second-order valence-electron chi connectivity index (χ2n) is 9.85. The highest BCUT2D eigenvalue weighted by atomic mass is 16.7. The molecule has 1 aliphatic heterocycles. The van der Waals surface area contributed by atoms with E-state index in [2.05, 4.69) is 0 Å². The van der Waals surface area contributed by atoms with Gasteiger partial charge < -0.3 is 28.8 Å². The van der Waals surface area contributed by atoms with Gasteiger partial charge in [-0.3, -0.25) is 0 Å². The molecule has 0 saturated carbocycles. The predicted molar refractivity (Wildman–Crippen MR) is 152 cm³/mol. The molecular formula is C34H36O6. The molecule has 0 aromatic heterocycles. The van der Waals surface area contributed by atoms with E-state index in [1.807, 2.05) is 121 Å². The lowest BCUT2D eigenvalue weighted by Crippen LogP contribution is -2.61. The van der Waals surface area contributed by atoms with Crippen LogP contribution in [0.3, 0.4) is 0 Å². The van der Waals surface area contributed by atoms with Crippen LogP contribution < -0.4 is 0 Å². The zero-order chi connectivity index (χ0) is 27.4. The molecule has 40 heavy (non-hydrogen) atoms. The molecule has 0 amide bonds. The van der Waals surface area contributed by atoms with E-state index >= 15 is 0 Å². The van der Waals surface area contributed by atoms with Crippen LogP contribution in [0.2, 0.25) is 0 Å². The Morgan fingerprint density at radius 3 is 1.38 bits per heavy atom. The van der Waals surface area contributed by atoms with Crippen molar-refractivity contribution in [2.45, 2.75) is 57.1 Å². The SMILES string of the molecule is O[C@H]1[C@H](OCc2ccccc2)[C@@H](OCc2ccccc2)[C@@H](OCc2ccccc2)O[C@@H]1COCc1ccccc1. The second kappa shape index (κ2) is 14.9. The number of hydrogen-bond acceptors (Lipinski definition) is 6. The Labute approximate surface area is 236 Å². The van der Waals surface area contributed by atoms with Gasteiger partial charge in [0.05, 0.1) is 33.0 Å². The molecule has 5 atom stereocenters. The Morgan fingerprint density at radius 1 is 0.500 bits per heavy atom. The van der Waals surface area contributed by atoms with Gasteiger partial charge in [-0.05, 0) is 22.3 Å². The van der Waals surface area contributed by atoms with Crippen molar-refractivity contribution < 1.29 is 28.8 Å². The highest BCUT2D eigenvalue weighted by Crippen LogP contribution is 2.29. The molecule has 1 aliphatic rings. The van der Waals surface area contributed by atoms with Crippen molar-refractivity contribution in [3.05, 3.63) is 144 Å². The molecule has 0 unspecified atom stereocenters. The van der Waals surface area contributed by atoms with Crippen LogP contribution in [0.1, 0.15) is 22.3 Å². The molecule has 1 N–H and O–H groups in total. The average molecular weight is 541 g/mol. The lowest BCUT2D eigenvalue weighted by atomic mass is 9.98. The van der Waals surface area contributed by atoms with Crippen molar-refractivity contribution in [2.24, 2.45) is 0 Å². The molecule has 6 heteroatoms. The van der Waals surface area contributed by atoms with E-state index in [0.29, 0.717) is 26.4 Å². The first-order valence-corrected chi connectivity index (χ1v) is 13.7. The first kappa shape index (κ1) is 28.2. The largest absolute Gasteiger partial charge is 0.387 e. The van der Waals surface area contributed by atoms with Crippen molar-refractivity contribution in [3.63, 3.8) is 0 Å². The number of aliphatic hydroxyl groups excluding tert-OH is 1. The summed E-state index contributed by atoms with van der Waals surface area (Å²) in [4.78, 5) is 0. The molecule has 5 rings (SSSR count). The van der Waals surface area contributed by atoms with Crippen molar-refractivity contribution >= 4 is 0 Å². The molecule has 0 radical (unpaired) electrons. The van der Waals surface area contributed by atoms with E-state index in [1.54, 1.807) is 0 Å². The summed E-state index contributed by atoms with van der Waals surface area (Å²) in [6, 6.07) is 39.6. The highest BCUT2D eigenvalue weighted by Gasteiger charge is 2.47. The third-order valence-electron chi connectivity index (χ3n) is 6.84. The van der Waals surface area contributed by atoms with Crippen LogP contribution in [0, 0.1) is 0 Å². The van der Waals surface area contributed by atoms with Crippen LogP contribution in [0.25, 0.3) is 0 Å². The average Bonchev–Trinajstić information content (AvgIpc) is 3.01. The van der Waals surface area contributed by atoms with Gasteiger partial charge in [0.15, 0.2) is 6.29 Å². The minimum Gasteiger partial charge on any atom is -0.387 e. The number of benzene rings is 4. The molecule has 4 aromatic carbocycles. The van der Waals surface area contributed by atoms with Gasteiger partial charge in [0.1, 0.15) is 24.4 Å². The summed E-state index contributed by atoms with van der Waals surface area (Å²) >= 11 is 0. The van der Waals surface area contributed by atoms with Gasteiger partial charge >= 0.3 is 0 Å². The van der Waals surface area contributed by atoms with E-state index in [4.69, 9.17) is 23.7 Å².